The van der Waals surface area contributed by atoms with Crippen LogP contribution in [0.3, 0.4) is 0 Å². The Bertz CT molecular complexity index is 928. The van der Waals surface area contributed by atoms with Crippen LogP contribution in [-0.2, 0) is 16.0 Å². The Balaban J connectivity index is 1.39. The highest BCUT2D eigenvalue weighted by atomic mass is 35.5. The Hall–Kier alpha value is -2.24. The van der Waals surface area contributed by atoms with Crippen LogP contribution in [0, 0.1) is 5.92 Å². The van der Waals surface area contributed by atoms with E-state index in [1.807, 2.05) is 23.1 Å². The van der Waals surface area contributed by atoms with E-state index in [4.69, 9.17) is 27.9 Å². The zero-order chi connectivity index (χ0) is 19.7. The third-order valence-electron chi connectivity index (χ3n) is 4.93. The predicted octanol–water partition coefficient (Wildman–Crippen LogP) is 4.70. The molecule has 0 bridgehead atoms. The molecule has 0 spiro atoms. The summed E-state index contributed by atoms with van der Waals surface area (Å²) in [5.41, 5.74) is 2.74. The van der Waals surface area contributed by atoms with E-state index < -0.39 is 0 Å². The number of aryl methyl sites for hydroxylation is 1. The lowest BCUT2D eigenvalue weighted by Gasteiger charge is -2.30. The van der Waals surface area contributed by atoms with Gasteiger partial charge in [-0.15, -0.1) is 0 Å². The smallest absolute Gasteiger partial charge is 0.262 e. The van der Waals surface area contributed by atoms with Gasteiger partial charge in [-0.25, -0.2) is 0 Å². The molecule has 1 N–H and O–H groups in total. The van der Waals surface area contributed by atoms with Crippen LogP contribution in [0.25, 0.3) is 0 Å². The van der Waals surface area contributed by atoms with Crippen molar-refractivity contribution in [2.24, 2.45) is 5.92 Å². The second-order valence-corrected chi connectivity index (χ2v) is 7.97. The minimum absolute atomic E-state index is 0.162. The largest absolute Gasteiger partial charge is 0.482 e. The van der Waals surface area contributed by atoms with Gasteiger partial charge < -0.3 is 15.0 Å². The Labute approximate surface area is 173 Å². The number of carbonyl (C=O) groups excluding carboxylic acids is 2. The highest BCUT2D eigenvalue weighted by molar-refractivity contribution is 6.35. The first-order chi connectivity index (χ1) is 13.5. The van der Waals surface area contributed by atoms with Crippen molar-refractivity contribution in [2.75, 3.05) is 23.4 Å². The zero-order valence-electron chi connectivity index (χ0n) is 15.2. The number of amides is 2. The number of rotatable bonds is 5. The van der Waals surface area contributed by atoms with Crippen LogP contribution in [0.1, 0.15) is 24.8 Å². The number of benzene rings is 2. The maximum absolute atomic E-state index is 12.5. The van der Waals surface area contributed by atoms with Gasteiger partial charge in [-0.3, -0.25) is 9.59 Å². The van der Waals surface area contributed by atoms with Crippen molar-refractivity contribution in [2.45, 2.75) is 25.7 Å². The molecule has 2 aromatic rings. The topological polar surface area (TPSA) is 58.6 Å². The lowest BCUT2D eigenvalue weighted by atomic mass is 10.0. The summed E-state index contributed by atoms with van der Waals surface area (Å²) in [6, 6.07) is 10.5. The van der Waals surface area contributed by atoms with Gasteiger partial charge >= 0.3 is 0 Å². The fourth-order valence-electron chi connectivity index (χ4n) is 3.39. The van der Waals surface area contributed by atoms with Crippen molar-refractivity contribution in [3.63, 3.8) is 0 Å². The van der Waals surface area contributed by atoms with Crippen molar-refractivity contribution in [3.8, 4) is 5.75 Å². The molecule has 0 aromatic heterocycles. The fraction of sp³-hybridized carbons (Fsp3) is 0.333. The molecular formula is C21H20Cl2N2O3. The van der Waals surface area contributed by atoms with Crippen LogP contribution in [0.4, 0.5) is 11.4 Å². The summed E-state index contributed by atoms with van der Waals surface area (Å²) in [4.78, 5) is 26.6. The van der Waals surface area contributed by atoms with Crippen molar-refractivity contribution >= 4 is 46.4 Å². The SMILES string of the molecule is O=C(COc1ccc(Cl)cc1Cl)Nc1ccc2c(c1)CCCN2C(=O)C1CC1. The monoisotopic (exact) mass is 418 g/mol. The second-order valence-electron chi connectivity index (χ2n) is 7.12. The number of hydrogen-bond donors (Lipinski definition) is 1. The van der Waals surface area contributed by atoms with Crippen LogP contribution < -0.4 is 15.0 Å². The maximum Gasteiger partial charge on any atom is 0.262 e. The number of halogens is 2. The summed E-state index contributed by atoms with van der Waals surface area (Å²) in [5, 5.41) is 3.70. The first-order valence-corrected chi connectivity index (χ1v) is 10.1. The Kier molecular flexibility index (Phi) is 5.47. The minimum atomic E-state index is -0.285. The molecule has 0 radical (unpaired) electrons. The molecule has 1 aliphatic heterocycles. The Morgan fingerprint density at radius 2 is 1.96 bits per heavy atom. The third-order valence-corrected chi connectivity index (χ3v) is 5.46. The lowest BCUT2D eigenvalue weighted by molar-refractivity contribution is -0.120. The van der Waals surface area contributed by atoms with Crippen LogP contribution in [-0.4, -0.2) is 25.0 Å². The highest BCUT2D eigenvalue weighted by Gasteiger charge is 2.35. The molecule has 0 saturated heterocycles. The number of fused-ring (bicyclic) bond motifs is 1. The van der Waals surface area contributed by atoms with Gasteiger partial charge in [0.1, 0.15) is 5.75 Å². The van der Waals surface area contributed by atoms with Crippen LogP contribution in [0.5, 0.6) is 5.75 Å². The van der Waals surface area contributed by atoms with Gasteiger partial charge in [-0.1, -0.05) is 23.2 Å². The second kappa shape index (κ2) is 8.02. The molecule has 2 amide bonds. The van der Waals surface area contributed by atoms with Crippen LogP contribution in [0.15, 0.2) is 36.4 Å². The van der Waals surface area contributed by atoms with Crippen LogP contribution in [0.2, 0.25) is 10.0 Å². The van der Waals surface area contributed by atoms with E-state index in [-0.39, 0.29) is 24.3 Å². The first kappa shape index (κ1) is 19.1. The molecule has 1 aliphatic carbocycles. The Morgan fingerprint density at radius 1 is 1.14 bits per heavy atom. The number of hydrogen-bond acceptors (Lipinski definition) is 3. The summed E-state index contributed by atoms with van der Waals surface area (Å²) in [6.45, 7) is 0.606. The van der Waals surface area contributed by atoms with Gasteiger partial charge in [0.25, 0.3) is 5.91 Å². The summed E-state index contributed by atoms with van der Waals surface area (Å²) < 4.78 is 5.46. The van der Waals surface area contributed by atoms with Gasteiger partial charge in [0.05, 0.1) is 5.02 Å². The van der Waals surface area contributed by atoms with Crippen molar-refractivity contribution in [3.05, 3.63) is 52.0 Å². The molecule has 0 unspecified atom stereocenters. The molecule has 5 nitrogen and oxygen atoms in total. The molecule has 2 aliphatic rings. The van der Waals surface area contributed by atoms with E-state index in [2.05, 4.69) is 5.32 Å². The molecule has 1 saturated carbocycles. The average Bonchev–Trinajstić information content (AvgIpc) is 3.51. The van der Waals surface area contributed by atoms with E-state index >= 15 is 0 Å². The summed E-state index contributed by atoms with van der Waals surface area (Å²) in [5.74, 6) is 0.543. The average molecular weight is 419 g/mol. The molecule has 0 atom stereocenters. The highest BCUT2D eigenvalue weighted by Crippen LogP contribution is 2.36. The van der Waals surface area contributed by atoms with Gasteiger partial charge in [0.2, 0.25) is 5.91 Å². The molecule has 2 aromatic carbocycles. The molecule has 4 rings (SSSR count). The quantitative estimate of drug-likeness (QED) is 0.765. The van der Waals surface area contributed by atoms with E-state index in [9.17, 15) is 9.59 Å². The molecule has 7 heteroatoms. The lowest BCUT2D eigenvalue weighted by Crippen LogP contribution is -2.36. The molecular weight excluding hydrogens is 399 g/mol. The zero-order valence-corrected chi connectivity index (χ0v) is 16.7. The summed E-state index contributed by atoms with van der Waals surface area (Å²) >= 11 is 11.9. The van der Waals surface area contributed by atoms with Crippen molar-refractivity contribution < 1.29 is 14.3 Å². The summed E-state index contributed by atoms with van der Waals surface area (Å²) in [7, 11) is 0. The third kappa shape index (κ3) is 4.26. The van der Waals surface area contributed by atoms with E-state index in [1.54, 1.807) is 18.2 Å². The standard InChI is InChI=1S/C21H20Cl2N2O3/c22-15-5-8-19(17(23)11-15)28-12-20(26)24-16-6-7-18-14(10-16)2-1-9-25(18)21(27)13-3-4-13/h5-8,10-11,13H,1-4,9,12H2,(H,24,26). The van der Waals surface area contributed by atoms with Crippen LogP contribution >= 0.6 is 23.2 Å². The van der Waals surface area contributed by atoms with Gasteiger partial charge in [0, 0.05) is 28.9 Å². The Morgan fingerprint density at radius 3 is 2.71 bits per heavy atom. The normalized spacial score (nSPS) is 15.7. The maximum atomic E-state index is 12.5. The fourth-order valence-corrected chi connectivity index (χ4v) is 3.85. The number of ether oxygens (including phenoxy) is 1. The van der Waals surface area contributed by atoms with E-state index in [1.165, 1.54) is 0 Å². The number of nitrogens with one attached hydrogen (secondary N) is 1. The van der Waals surface area contributed by atoms with Gasteiger partial charge in [-0.2, -0.15) is 0 Å². The van der Waals surface area contributed by atoms with Gasteiger partial charge in [0.15, 0.2) is 6.61 Å². The number of carbonyl (C=O) groups is 2. The number of anilines is 2. The molecule has 1 heterocycles. The number of nitrogens with zero attached hydrogens (tertiary/aromatic N) is 1. The van der Waals surface area contributed by atoms with E-state index in [0.29, 0.717) is 21.5 Å². The predicted molar refractivity (Wildman–Crippen MR) is 110 cm³/mol. The van der Waals surface area contributed by atoms with Crippen molar-refractivity contribution in [1.82, 2.24) is 0 Å². The summed E-state index contributed by atoms with van der Waals surface area (Å²) in [6.07, 6.45) is 3.82. The first-order valence-electron chi connectivity index (χ1n) is 9.33. The minimum Gasteiger partial charge on any atom is -0.482 e. The molecule has 146 valence electrons. The van der Waals surface area contributed by atoms with E-state index in [0.717, 1.165) is 43.5 Å². The molecule has 1 fully saturated rings. The van der Waals surface area contributed by atoms with Gasteiger partial charge in [-0.05, 0) is 67.6 Å². The molecule has 28 heavy (non-hydrogen) atoms. The van der Waals surface area contributed by atoms with Crippen molar-refractivity contribution in [1.29, 1.82) is 0 Å².